The SMILES string of the molecule is C=C(C)c1ccccc1.N#Cc1ccc2c3ccccc3n(-c3cccc4c3C(=O)N(c3c(-c5ccccc5)cc(-c5ccccc5)cc3-c3ccccc3)C4=O)c2c1. The summed E-state index contributed by atoms with van der Waals surface area (Å²) in [5, 5.41) is 11.7. The van der Waals surface area contributed by atoms with Gasteiger partial charge in [0.25, 0.3) is 11.8 Å². The van der Waals surface area contributed by atoms with Gasteiger partial charge in [0.05, 0.1) is 45.2 Å². The summed E-state index contributed by atoms with van der Waals surface area (Å²) < 4.78 is 2.01. The second-order valence-corrected chi connectivity index (χ2v) is 14.5. The van der Waals surface area contributed by atoms with Crippen LogP contribution in [0.15, 0.2) is 201 Å². The zero-order chi connectivity index (χ0) is 40.5. The average Bonchev–Trinajstić information content (AvgIpc) is 3.76. The van der Waals surface area contributed by atoms with E-state index in [2.05, 4.69) is 49.0 Å². The van der Waals surface area contributed by atoms with E-state index >= 15 is 4.79 Å². The number of hydrogen-bond acceptors (Lipinski definition) is 3. The predicted molar refractivity (Wildman–Crippen MR) is 241 cm³/mol. The Morgan fingerprint density at radius 1 is 0.508 bits per heavy atom. The first-order chi connectivity index (χ1) is 28.9. The molecule has 0 bridgehead atoms. The molecule has 2 heterocycles. The van der Waals surface area contributed by atoms with Crippen molar-refractivity contribution >= 4 is 44.9 Å². The molecule has 0 aliphatic carbocycles. The summed E-state index contributed by atoms with van der Waals surface area (Å²) in [7, 11) is 0. The maximum Gasteiger partial charge on any atom is 0.268 e. The molecule has 1 aliphatic rings. The quantitative estimate of drug-likeness (QED) is 0.159. The summed E-state index contributed by atoms with van der Waals surface area (Å²) in [4.78, 5) is 31.2. The lowest BCUT2D eigenvalue weighted by molar-refractivity contribution is 0.0926. The fourth-order valence-corrected chi connectivity index (χ4v) is 8.03. The van der Waals surface area contributed by atoms with Gasteiger partial charge in [-0.15, -0.1) is 0 Å². The van der Waals surface area contributed by atoms with E-state index in [-0.39, 0.29) is 5.91 Å². The van der Waals surface area contributed by atoms with Crippen LogP contribution in [0.5, 0.6) is 0 Å². The number of anilines is 1. The van der Waals surface area contributed by atoms with E-state index in [9.17, 15) is 10.1 Å². The molecule has 0 saturated heterocycles. The van der Waals surface area contributed by atoms with Crippen molar-refractivity contribution in [2.45, 2.75) is 6.92 Å². The van der Waals surface area contributed by atoms with Gasteiger partial charge < -0.3 is 4.57 Å². The number of amides is 2. The molecule has 0 fully saturated rings. The third-order valence-corrected chi connectivity index (χ3v) is 10.8. The van der Waals surface area contributed by atoms with Crippen LogP contribution >= 0.6 is 0 Å². The highest BCUT2D eigenvalue weighted by Crippen LogP contribution is 2.47. The third-order valence-electron chi connectivity index (χ3n) is 10.8. The summed E-state index contributed by atoms with van der Waals surface area (Å²) in [6, 6.07) is 65.5. The molecule has 8 aromatic carbocycles. The number of imide groups is 1. The molecule has 2 amide bonds. The summed E-state index contributed by atoms with van der Waals surface area (Å²) in [5.41, 5.74) is 11.6. The zero-order valence-electron chi connectivity index (χ0n) is 32.3. The Kier molecular flexibility index (Phi) is 9.58. The van der Waals surface area contributed by atoms with Crippen LogP contribution in [-0.2, 0) is 0 Å². The van der Waals surface area contributed by atoms with Crippen LogP contribution in [0.3, 0.4) is 0 Å². The molecular formula is C54H37N3O2. The molecule has 5 heteroatoms. The van der Waals surface area contributed by atoms with E-state index < -0.39 is 5.91 Å². The highest BCUT2D eigenvalue weighted by molar-refractivity contribution is 6.37. The van der Waals surface area contributed by atoms with Crippen molar-refractivity contribution < 1.29 is 9.59 Å². The minimum Gasteiger partial charge on any atom is -0.308 e. The van der Waals surface area contributed by atoms with Gasteiger partial charge in [0, 0.05) is 21.9 Å². The summed E-state index contributed by atoms with van der Waals surface area (Å²) >= 11 is 0. The van der Waals surface area contributed by atoms with Crippen LogP contribution in [0, 0.1) is 11.3 Å². The number of nitriles is 1. The van der Waals surface area contributed by atoms with Gasteiger partial charge in [-0.25, -0.2) is 4.90 Å². The third kappa shape index (κ3) is 6.59. The molecule has 59 heavy (non-hydrogen) atoms. The number of aromatic nitrogens is 1. The zero-order valence-corrected chi connectivity index (χ0v) is 32.3. The number of para-hydroxylation sites is 1. The smallest absolute Gasteiger partial charge is 0.268 e. The van der Waals surface area contributed by atoms with Gasteiger partial charge in [0.2, 0.25) is 0 Å². The Bertz CT molecular complexity index is 3050. The van der Waals surface area contributed by atoms with Gasteiger partial charge in [-0.05, 0) is 77.2 Å². The number of carbonyl (C=O) groups is 2. The van der Waals surface area contributed by atoms with Crippen LogP contribution in [0.1, 0.15) is 38.8 Å². The van der Waals surface area contributed by atoms with E-state index in [4.69, 9.17) is 0 Å². The number of nitrogens with zero attached hydrogens (tertiary/aromatic N) is 3. The first-order valence-electron chi connectivity index (χ1n) is 19.4. The molecule has 0 atom stereocenters. The van der Waals surface area contributed by atoms with Gasteiger partial charge in [-0.1, -0.05) is 164 Å². The van der Waals surface area contributed by atoms with E-state index in [1.54, 1.807) is 12.1 Å². The first kappa shape index (κ1) is 36.6. The van der Waals surface area contributed by atoms with Crippen molar-refractivity contribution in [1.82, 2.24) is 4.57 Å². The largest absolute Gasteiger partial charge is 0.308 e. The van der Waals surface area contributed by atoms with Crippen molar-refractivity contribution in [3.05, 3.63) is 223 Å². The molecule has 1 aliphatic heterocycles. The maximum absolute atomic E-state index is 15.1. The van der Waals surface area contributed by atoms with E-state index in [0.717, 1.165) is 60.8 Å². The van der Waals surface area contributed by atoms with Crippen LogP contribution in [-0.4, -0.2) is 16.4 Å². The Balaban J connectivity index is 0.000000444. The summed E-state index contributed by atoms with van der Waals surface area (Å²) in [5.74, 6) is -0.781. The average molecular weight is 760 g/mol. The van der Waals surface area contributed by atoms with Crippen molar-refractivity contribution in [3.8, 4) is 45.1 Å². The molecular weight excluding hydrogens is 723 g/mol. The highest BCUT2D eigenvalue weighted by Gasteiger charge is 2.41. The number of rotatable bonds is 6. The normalized spacial score (nSPS) is 11.9. The van der Waals surface area contributed by atoms with Gasteiger partial charge in [-0.3, -0.25) is 9.59 Å². The minimum absolute atomic E-state index is 0.327. The molecule has 9 aromatic rings. The molecule has 0 spiro atoms. The molecule has 0 N–H and O–H groups in total. The highest BCUT2D eigenvalue weighted by atomic mass is 16.2. The van der Waals surface area contributed by atoms with Gasteiger partial charge >= 0.3 is 0 Å². The molecule has 0 radical (unpaired) electrons. The van der Waals surface area contributed by atoms with Crippen molar-refractivity contribution in [2.75, 3.05) is 4.90 Å². The summed E-state index contributed by atoms with van der Waals surface area (Å²) in [6.07, 6.45) is 0. The van der Waals surface area contributed by atoms with Gasteiger partial charge in [-0.2, -0.15) is 5.26 Å². The topological polar surface area (TPSA) is 66.1 Å². The Hall–Kier alpha value is -8.07. The fraction of sp³-hybridized carbons (Fsp3) is 0.0185. The van der Waals surface area contributed by atoms with E-state index in [1.165, 1.54) is 10.5 Å². The molecule has 5 nitrogen and oxygen atoms in total. The Morgan fingerprint density at radius 3 is 1.63 bits per heavy atom. The second-order valence-electron chi connectivity index (χ2n) is 14.5. The van der Waals surface area contributed by atoms with Crippen LogP contribution in [0.25, 0.3) is 66.4 Å². The van der Waals surface area contributed by atoms with E-state index in [0.29, 0.717) is 28.1 Å². The predicted octanol–water partition coefficient (Wildman–Crippen LogP) is 13.2. The molecule has 0 unspecified atom stereocenters. The maximum atomic E-state index is 15.1. The summed E-state index contributed by atoms with van der Waals surface area (Å²) in [6.45, 7) is 5.83. The number of benzene rings is 8. The molecule has 10 rings (SSSR count). The van der Waals surface area contributed by atoms with E-state index in [1.807, 2.05) is 157 Å². The monoisotopic (exact) mass is 759 g/mol. The number of fused-ring (bicyclic) bond motifs is 4. The number of allylic oxidation sites excluding steroid dienone is 1. The van der Waals surface area contributed by atoms with Crippen LogP contribution in [0.4, 0.5) is 5.69 Å². The lowest BCUT2D eigenvalue weighted by Crippen LogP contribution is -2.30. The van der Waals surface area contributed by atoms with Crippen molar-refractivity contribution in [1.29, 1.82) is 5.26 Å². The lowest BCUT2D eigenvalue weighted by Gasteiger charge is -2.24. The molecule has 1 aromatic heterocycles. The lowest BCUT2D eigenvalue weighted by atomic mass is 9.90. The van der Waals surface area contributed by atoms with Crippen molar-refractivity contribution in [2.24, 2.45) is 0 Å². The van der Waals surface area contributed by atoms with Crippen LogP contribution < -0.4 is 4.90 Å². The molecule has 280 valence electrons. The second kappa shape index (κ2) is 15.5. The first-order valence-corrected chi connectivity index (χ1v) is 19.4. The standard InChI is InChI=1S/C45H27N3O2.C9H10/c46-28-29-23-24-35-34-19-10-11-21-39(34)47(41(35)25-29)40-22-12-20-36-42(40)45(50)48(44(36)49)43-37(31-15-6-2-7-16-31)26-33(30-13-4-1-5-14-30)27-38(43)32-17-8-3-9-18-32;1-8(2)9-6-4-3-5-7-9/h1-27H;3-7H,1H2,2H3. The van der Waals surface area contributed by atoms with Gasteiger partial charge in [0.15, 0.2) is 0 Å². The minimum atomic E-state index is -0.398. The Morgan fingerprint density at radius 2 is 1.05 bits per heavy atom. The Labute approximate surface area is 343 Å². The van der Waals surface area contributed by atoms with Crippen LogP contribution in [0.2, 0.25) is 0 Å². The van der Waals surface area contributed by atoms with Crippen molar-refractivity contribution in [3.63, 3.8) is 0 Å². The fourth-order valence-electron chi connectivity index (χ4n) is 8.03. The number of hydrogen-bond donors (Lipinski definition) is 0. The molecule has 0 saturated carbocycles. The van der Waals surface area contributed by atoms with Gasteiger partial charge in [0.1, 0.15) is 0 Å². The number of carbonyl (C=O) groups excluding carboxylic acids is 2.